The molecular formula is C15H18F2N2. The summed E-state index contributed by atoms with van der Waals surface area (Å²) >= 11 is 0. The van der Waals surface area contributed by atoms with E-state index in [1.165, 1.54) is 12.1 Å². The van der Waals surface area contributed by atoms with Crippen LogP contribution in [0.4, 0.5) is 8.78 Å². The van der Waals surface area contributed by atoms with Gasteiger partial charge in [-0.1, -0.05) is 6.07 Å². The minimum Gasteiger partial charge on any atom is -0.297 e. The third kappa shape index (κ3) is 2.76. The van der Waals surface area contributed by atoms with Gasteiger partial charge in [0.1, 0.15) is 11.6 Å². The van der Waals surface area contributed by atoms with E-state index in [9.17, 15) is 14.0 Å². The van der Waals surface area contributed by atoms with Gasteiger partial charge in [-0.05, 0) is 32.4 Å². The van der Waals surface area contributed by atoms with Gasteiger partial charge < -0.3 is 0 Å². The second kappa shape index (κ2) is 4.90. The zero-order chi connectivity index (χ0) is 14.2. The lowest BCUT2D eigenvalue weighted by Gasteiger charge is -2.31. The smallest absolute Gasteiger partial charge is 0.129 e. The number of likely N-dealkylation sites (tertiary alicyclic amines) is 1. The summed E-state index contributed by atoms with van der Waals surface area (Å²) in [5, 5.41) is 9.25. The highest BCUT2D eigenvalue weighted by atomic mass is 19.1. The van der Waals surface area contributed by atoms with Crippen molar-refractivity contribution in [3.05, 3.63) is 35.4 Å². The maximum atomic E-state index is 13.9. The first kappa shape index (κ1) is 14.0. The molecule has 1 aliphatic rings. The Kier molecular flexibility index (Phi) is 3.60. The van der Waals surface area contributed by atoms with Crippen molar-refractivity contribution in [3.8, 4) is 6.07 Å². The first-order valence-electron chi connectivity index (χ1n) is 6.42. The van der Waals surface area contributed by atoms with Crippen LogP contribution in [0.2, 0.25) is 0 Å². The Morgan fingerprint density at radius 1 is 1.26 bits per heavy atom. The maximum absolute atomic E-state index is 13.9. The van der Waals surface area contributed by atoms with Gasteiger partial charge in [0.05, 0.1) is 12.0 Å². The molecule has 0 bridgehead atoms. The monoisotopic (exact) mass is 264 g/mol. The highest BCUT2D eigenvalue weighted by Gasteiger charge is 2.39. The van der Waals surface area contributed by atoms with Gasteiger partial charge in [-0.3, -0.25) is 4.90 Å². The van der Waals surface area contributed by atoms with E-state index in [0.717, 1.165) is 6.07 Å². The molecule has 0 saturated carbocycles. The van der Waals surface area contributed by atoms with E-state index >= 15 is 0 Å². The van der Waals surface area contributed by atoms with E-state index in [-0.39, 0.29) is 17.4 Å². The minimum atomic E-state index is -0.583. The summed E-state index contributed by atoms with van der Waals surface area (Å²) in [5.74, 6) is -1.58. The average molecular weight is 264 g/mol. The van der Waals surface area contributed by atoms with Crippen molar-refractivity contribution >= 4 is 0 Å². The third-order valence-electron chi connectivity index (χ3n) is 3.80. The Balaban J connectivity index is 2.31. The van der Waals surface area contributed by atoms with E-state index in [1.54, 1.807) is 0 Å². The second-order valence-corrected chi connectivity index (χ2v) is 6.08. The average Bonchev–Trinajstić information content (AvgIpc) is 2.72. The van der Waals surface area contributed by atoms with Gasteiger partial charge in [0.25, 0.3) is 0 Å². The number of hydrogen-bond acceptors (Lipinski definition) is 2. The molecule has 19 heavy (non-hydrogen) atoms. The Hall–Kier alpha value is -1.47. The van der Waals surface area contributed by atoms with Gasteiger partial charge in [-0.15, -0.1) is 0 Å². The molecule has 1 aromatic carbocycles. The Morgan fingerprint density at radius 2 is 1.95 bits per heavy atom. The maximum Gasteiger partial charge on any atom is 0.129 e. The quantitative estimate of drug-likeness (QED) is 0.778. The topological polar surface area (TPSA) is 27.0 Å². The highest BCUT2D eigenvalue weighted by Crippen LogP contribution is 2.36. The summed E-state index contributed by atoms with van der Waals surface area (Å²) in [4.78, 5) is 2.17. The van der Waals surface area contributed by atoms with Gasteiger partial charge in [0, 0.05) is 30.6 Å². The van der Waals surface area contributed by atoms with Crippen molar-refractivity contribution in [2.45, 2.75) is 32.2 Å². The van der Waals surface area contributed by atoms with Crippen LogP contribution >= 0.6 is 0 Å². The minimum absolute atomic E-state index is 0.0552. The summed E-state index contributed by atoms with van der Waals surface area (Å²) < 4.78 is 26.8. The lowest BCUT2D eigenvalue weighted by molar-refractivity contribution is 0.170. The predicted molar refractivity (Wildman–Crippen MR) is 69.5 cm³/mol. The van der Waals surface area contributed by atoms with Gasteiger partial charge in [-0.2, -0.15) is 5.26 Å². The van der Waals surface area contributed by atoms with Crippen LogP contribution in [-0.2, 0) is 0 Å². The first-order chi connectivity index (χ1) is 8.82. The number of rotatable bonds is 1. The molecule has 4 heteroatoms. The third-order valence-corrected chi connectivity index (χ3v) is 3.80. The summed E-state index contributed by atoms with van der Waals surface area (Å²) in [6, 6.07) is 5.87. The molecule has 0 N–H and O–H groups in total. The largest absolute Gasteiger partial charge is 0.297 e. The van der Waals surface area contributed by atoms with Crippen LogP contribution in [-0.4, -0.2) is 23.5 Å². The second-order valence-electron chi connectivity index (χ2n) is 6.08. The molecule has 1 fully saturated rings. The fourth-order valence-corrected chi connectivity index (χ4v) is 2.60. The molecule has 2 rings (SSSR count). The lowest BCUT2D eigenvalue weighted by atomic mass is 9.89. The van der Waals surface area contributed by atoms with Crippen molar-refractivity contribution in [1.29, 1.82) is 5.26 Å². The molecule has 1 saturated heterocycles. The van der Waals surface area contributed by atoms with Crippen LogP contribution in [0, 0.1) is 28.9 Å². The van der Waals surface area contributed by atoms with Crippen LogP contribution in [0.1, 0.15) is 32.3 Å². The molecule has 0 amide bonds. The molecule has 1 aromatic rings. The summed E-state index contributed by atoms with van der Waals surface area (Å²) in [6.07, 6.45) is 0. The van der Waals surface area contributed by atoms with Crippen molar-refractivity contribution < 1.29 is 8.78 Å². The number of benzene rings is 1. The van der Waals surface area contributed by atoms with E-state index in [2.05, 4.69) is 31.7 Å². The van der Waals surface area contributed by atoms with E-state index < -0.39 is 11.6 Å². The zero-order valence-electron chi connectivity index (χ0n) is 11.5. The van der Waals surface area contributed by atoms with Gasteiger partial charge >= 0.3 is 0 Å². The Morgan fingerprint density at radius 3 is 2.47 bits per heavy atom. The zero-order valence-corrected chi connectivity index (χ0v) is 11.5. The summed E-state index contributed by atoms with van der Waals surface area (Å²) in [6.45, 7) is 7.48. The first-order valence-corrected chi connectivity index (χ1v) is 6.42. The number of nitrogens with zero attached hydrogens (tertiary/aromatic N) is 2. The van der Waals surface area contributed by atoms with E-state index in [1.807, 2.05) is 0 Å². The van der Waals surface area contributed by atoms with Crippen LogP contribution in [0.5, 0.6) is 0 Å². The SMILES string of the molecule is CC(C)(C)N1C[C@@H](C#N)[C@H](c2ccc(F)cc2F)C1. The molecule has 2 nitrogen and oxygen atoms in total. The van der Waals surface area contributed by atoms with Crippen LogP contribution < -0.4 is 0 Å². The van der Waals surface area contributed by atoms with E-state index in [0.29, 0.717) is 18.7 Å². The van der Waals surface area contributed by atoms with Crippen molar-refractivity contribution in [1.82, 2.24) is 4.90 Å². The highest BCUT2D eigenvalue weighted by molar-refractivity contribution is 5.27. The molecule has 1 aliphatic heterocycles. The summed E-state index contributed by atoms with van der Waals surface area (Å²) in [7, 11) is 0. The number of halogens is 2. The molecule has 102 valence electrons. The van der Waals surface area contributed by atoms with Crippen LogP contribution in [0.15, 0.2) is 18.2 Å². The van der Waals surface area contributed by atoms with Crippen molar-refractivity contribution in [2.24, 2.45) is 5.92 Å². The molecule has 1 heterocycles. The summed E-state index contributed by atoms with van der Waals surface area (Å²) in [5.41, 5.74) is 0.389. The number of hydrogen-bond donors (Lipinski definition) is 0. The fourth-order valence-electron chi connectivity index (χ4n) is 2.60. The lowest BCUT2D eigenvalue weighted by Crippen LogP contribution is -2.39. The standard InChI is InChI=1S/C15H18F2N2/c1-15(2,3)19-8-10(7-18)13(9-19)12-5-4-11(16)6-14(12)17/h4-6,10,13H,8-9H2,1-3H3/t10-,13-/m1/s1. The molecule has 0 aliphatic carbocycles. The normalized spacial score (nSPS) is 24.4. The predicted octanol–water partition coefficient (Wildman–Crippen LogP) is 3.30. The van der Waals surface area contributed by atoms with Crippen molar-refractivity contribution in [3.63, 3.8) is 0 Å². The number of nitriles is 1. The molecule has 0 aromatic heterocycles. The van der Waals surface area contributed by atoms with Gasteiger partial charge in [0.2, 0.25) is 0 Å². The van der Waals surface area contributed by atoms with E-state index in [4.69, 9.17) is 0 Å². The molecule has 0 unspecified atom stereocenters. The van der Waals surface area contributed by atoms with Crippen LogP contribution in [0.3, 0.4) is 0 Å². The fraction of sp³-hybridized carbons (Fsp3) is 0.533. The molecular weight excluding hydrogens is 246 g/mol. The molecule has 0 radical (unpaired) electrons. The molecule has 0 spiro atoms. The van der Waals surface area contributed by atoms with Crippen LogP contribution in [0.25, 0.3) is 0 Å². The van der Waals surface area contributed by atoms with Gasteiger partial charge in [-0.25, -0.2) is 8.78 Å². The molecule has 2 atom stereocenters. The Bertz CT molecular complexity index is 514. The Labute approximate surface area is 112 Å². The van der Waals surface area contributed by atoms with Crippen molar-refractivity contribution in [2.75, 3.05) is 13.1 Å². The van der Waals surface area contributed by atoms with Gasteiger partial charge in [0.15, 0.2) is 0 Å².